The van der Waals surface area contributed by atoms with Crippen LogP contribution in [0.1, 0.15) is 37.8 Å². The number of halogens is 1. The van der Waals surface area contributed by atoms with E-state index in [1.165, 1.54) is 29.7 Å². The Hall–Kier alpha value is -3.38. The van der Waals surface area contributed by atoms with Crippen LogP contribution in [0.5, 0.6) is 0 Å². The summed E-state index contributed by atoms with van der Waals surface area (Å²) in [4.78, 5) is 9.01. The lowest BCUT2D eigenvalue weighted by atomic mass is 9.84. The fourth-order valence-corrected chi connectivity index (χ4v) is 5.76. The molecule has 1 aromatic heterocycles. The molecular weight excluding hydrogens is 449 g/mol. The first-order chi connectivity index (χ1) is 17.3. The van der Waals surface area contributed by atoms with Crippen LogP contribution in [0.4, 0.5) is 15.9 Å². The van der Waals surface area contributed by atoms with E-state index in [9.17, 15) is 0 Å². The Bertz CT molecular complexity index is 1320. The topological polar surface area (TPSA) is 57.4 Å². The minimum absolute atomic E-state index is 0.189. The lowest BCUT2D eigenvalue weighted by Gasteiger charge is -2.38. The van der Waals surface area contributed by atoms with Gasteiger partial charge in [0.05, 0.1) is 0 Å². The van der Waals surface area contributed by atoms with Gasteiger partial charge in [-0.05, 0) is 67.6 Å². The standard InChI is InChI=1S/C30H34FN5/c1-19(2)35-12-14-36(15-13-35)23-7-4-21(5-8-23)25-17-26(29(32)34-28(25)31)22-6-9-24-20(3)33-18-30(10-11-30)27(24)16-22/h4-9,16-17,19,33H,3,10-15,18H2,1-2H3,(H2,32,34). The zero-order valence-corrected chi connectivity index (χ0v) is 21.1. The molecule has 3 aromatic rings. The van der Waals surface area contributed by atoms with Crippen molar-refractivity contribution < 1.29 is 4.39 Å². The average Bonchev–Trinajstić information content (AvgIpc) is 3.67. The fraction of sp³-hybridized carbons (Fsp3) is 0.367. The number of nitrogens with zero attached hydrogens (tertiary/aromatic N) is 3. The van der Waals surface area contributed by atoms with Crippen molar-refractivity contribution in [3.05, 3.63) is 72.2 Å². The van der Waals surface area contributed by atoms with Crippen LogP contribution in [-0.4, -0.2) is 48.6 Å². The molecule has 3 N–H and O–H groups in total. The maximum atomic E-state index is 15.0. The molecular formula is C30H34FN5. The van der Waals surface area contributed by atoms with Gasteiger partial charge in [-0.3, -0.25) is 4.90 Å². The molecule has 2 aliphatic heterocycles. The number of pyridine rings is 1. The zero-order chi connectivity index (χ0) is 25.0. The highest BCUT2D eigenvalue weighted by Gasteiger charge is 2.47. The van der Waals surface area contributed by atoms with Crippen LogP contribution in [0.15, 0.2) is 55.1 Å². The Morgan fingerprint density at radius 2 is 1.64 bits per heavy atom. The zero-order valence-electron chi connectivity index (χ0n) is 21.1. The number of nitrogens with two attached hydrogens (primary N) is 1. The molecule has 3 aliphatic rings. The number of fused-ring (bicyclic) bond motifs is 2. The molecule has 0 radical (unpaired) electrons. The second-order valence-electron chi connectivity index (χ2n) is 10.8. The van der Waals surface area contributed by atoms with Gasteiger partial charge in [0, 0.05) is 72.3 Å². The molecule has 3 heterocycles. The molecule has 0 atom stereocenters. The summed E-state index contributed by atoms with van der Waals surface area (Å²) in [5, 5.41) is 3.45. The minimum atomic E-state index is -0.538. The molecule has 36 heavy (non-hydrogen) atoms. The van der Waals surface area contributed by atoms with Crippen LogP contribution in [0.3, 0.4) is 0 Å². The number of rotatable bonds is 4. The SMILES string of the molecule is C=C1NCC2(CC2)c2cc(-c3cc(-c4ccc(N5CCN(C(C)C)CC5)cc4)c(F)nc3N)ccc21. The van der Waals surface area contributed by atoms with E-state index in [2.05, 4.69) is 64.8 Å². The number of hydrogen-bond donors (Lipinski definition) is 2. The molecule has 2 fully saturated rings. The van der Waals surface area contributed by atoms with E-state index in [0.29, 0.717) is 11.6 Å². The fourth-order valence-electron chi connectivity index (χ4n) is 5.76. The van der Waals surface area contributed by atoms with Gasteiger partial charge in [-0.25, -0.2) is 4.98 Å². The smallest absolute Gasteiger partial charge is 0.222 e. The molecule has 0 unspecified atom stereocenters. The van der Waals surface area contributed by atoms with E-state index >= 15 is 4.39 Å². The van der Waals surface area contributed by atoms with Crippen LogP contribution in [0, 0.1) is 5.95 Å². The number of nitrogen functional groups attached to an aromatic ring is 1. The summed E-state index contributed by atoms with van der Waals surface area (Å²) >= 11 is 0. The third-order valence-electron chi connectivity index (χ3n) is 8.31. The first-order valence-corrected chi connectivity index (χ1v) is 13.0. The van der Waals surface area contributed by atoms with E-state index in [-0.39, 0.29) is 11.2 Å². The molecule has 5 nitrogen and oxygen atoms in total. The molecule has 186 valence electrons. The summed E-state index contributed by atoms with van der Waals surface area (Å²) in [5.74, 6) is -0.322. The third-order valence-corrected chi connectivity index (χ3v) is 8.31. The number of aromatic nitrogens is 1. The quantitative estimate of drug-likeness (QED) is 0.495. The first-order valence-electron chi connectivity index (χ1n) is 13.0. The van der Waals surface area contributed by atoms with E-state index in [1.54, 1.807) is 0 Å². The first kappa shape index (κ1) is 23.0. The van der Waals surface area contributed by atoms with Crippen LogP contribution in [0.2, 0.25) is 0 Å². The lowest BCUT2D eigenvalue weighted by molar-refractivity contribution is 0.209. The van der Waals surface area contributed by atoms with Crippen molar-refractivity contribution in [1.82, 2.24) is 15.2 Å². The molecule has 1 spiro atoms. The minimum Gasteiger partial charge on any atom is -0.384 e. The van der Waals surface area contributed by atoms with Crippen molar-refractivity contribution in [2.75, 3.05) is 43.4 Å². The molecule has 1 saturated heterocycles. The highest BCUT2D eigenvalue weighted by atomic mass is 19.1. The summed E-state index contributed by atoms with van der Waals surface area (Å²) in [6, 6.07) is 16.9. The van der Waals surface area contributed by atoms with E-state index in [1.807, 2.05) is 24.3 Å². The Kier molecular flexibility index (Phi) is 5.52. The van der Waals surface area contributed by atoms with Gasteiger partial charge in [-0.1, -0.05) is 30.8 Å². The van der Waals surface area contributed by atoms with Crippen LogP contribution in [-0.2, 0) is 5.41 Å². The molecule has 0 bridgehead atoms. The van der Waals surface area contributed by atoms with Gasteiger partial charge in [0.25, 0.3) is 0 Å². The lowest BCUT2D eigenvalue weighted by Crippen LogP contribution is -2.48. The van der Waals surface area contributed by atoms with Crippen molar-refractivity contribution >= 4 is 17.2 Å². The molecule has 0 amide bonds. The van der Waals surface area contributed by atoms with Gasteiger partial charge in [-0.2, -0.15) is 4.39 Å². The summed E-state index contributed by atoms with van der Waals surface area (Å²) in [6.07, 6.45) is 2.34. The maximum absolute atomic E-state index is 15.0. The molecule has 1 aliphatic carbocycles. The molecule has 6 rings (SSSR count). The van der Waals surface area contributed by atoms with Gasteiger partial charge in [0.15, 0.2) is 0 Å². The Morgan fingerprint density at radius 1 is 0.944 bits per heavy atom. The summed E-state index contributed by atoms with van der Waals surface area (Å²) < 4.78 is 15.0. The molecule has 2 aromatic carbocycles. The summed E-state index contributed by atoms with van der Waals surface area (Å²) in [6.45, 7) is 13.7. The Morgan fingerprint density at radius 3 is 2.31 bits per heavy atom. The number of piperazine rings is 1. The average molecular weight is 484 g/mol. The van der Waals surface area contributed by atoms with Gasteiger partial charge >= 0.3 is 0 Å². The number of nitrogens with one attached hydrogen (secondary N) is 1. The highest BCUT2D eigenvalue weighted by Crippen LogP contribution is 2.52. The second-order valence-corrected chi connectivity index (χ2v) is 10.8. The number of benzene rings is 2. The monoisotopic (exact) mass is 483 g/mol. The van der Waals surface area contributed by atoms with Crippen molar-refractivity contribution in [1.29, 1.82) is 0 Å². The van der Waals surface area contributed by atoms with E-state index in [0.717, 1.165) is 55.1 Å². The Balaban J connectivity index is 1.30. The van der Waals surface area contributed by atoms with Gasteiger partial charge in [0.1, 0.15) is 5.82 Å². The predicted molar refractivity (Wildman–Crippen MR) is 146 cm³/mol. The molecule has 1 saturated carbocycles. The van der Waals surface area contributed by atoms with Crippen LogP contribution in [0.25, 0.3) is 28.0 Å². The summed E-state index contributed by atoms with van der Waals surface area (Å²) in [7, 11) is 0. The Labute approximate surface area is 212 Å². The van der Waals surface area contributed by atoms with Gasteiger partial charge in [-0.15, -0.1) is 0 Å². The van der Waals surface area contributed by atoms with Crippen molar-refractivity contribution in [2.45, 2.75) is 38.1 Å². The predicted octanol–water partition coefficient (Wildman–Crippen LogP) is 5.27. The van der Waals surface area contributed by atoms with Crippen molar-refractivity contribution in [3.63, 3.8) is 0 Å². The van der Waals surface area contributed by atoms with Crippen molar-refractivity contribution in [3.8, 4) is 22.3 Å². The van der Waals surface area contributed by atoms with Crippen molar-refractivity contribution in [2.24, 2.45) is 0 Å². The highest BCUT2D eigenvalue weighted by molar-refractivity contribution is 5.82. The third kappa shape index (κ3) is 3.94. The summed E-state index contributed by atoms with van der Waals surface area (Å²) in [5.41, 5.74) is 14.1. The number of hydrogen-bond acceptors (Lipinski definition) is 5. The molecule has 6 heteroatoms. The largest absolute Gasteiger partial charge is 0.384 e. The maximum Gasteiger partial charge on any atom is 0.222 e. The van der Waals surface area contributed by atoms with Crippen LogP contribution >= 0.6 is 0 Å². The van der Waals surface area contributed by atoms with Crippen LogP contribution < -0.4 is 16.0 Å². The van der Waals surface area contributed by atoms with Gasteiger partial charge < -0.3 is 16.0 Å². The second kappa shape index (κ2) is 8.63. The van der Waals surface area contributed by atoms with Gasteiger partial charge in [0.2, 0.25) is 5.95 Å². The normalized spacial score (nSPS) is 18.9. The van der Waals surface area contributed by atoms with E-state index in [4.69, 9.17) is 5.73 Å². The van der Waals surface area contributed by atoms with E-state index < -0.39 is 5.95 Å². The number of anilines is 2.